The van der Waals surface area contributed by atoms with E-state index < -0.39 is 0 Å². The molecule has 4 heteroatoms. The van der Waals surface area contributed by atoms with Gasteiger partial charge < -0.3 is 5.32 Å². The minimum atomic E-state index is -0.289. The molecule has 2 aromatic carbocycles. The van der Waals surface area contributed by atoms with Gasteiger partial charge in [0.25, 0.3) is 5.91 Å². The van der Waals surface area contributed by atoms with Gasteiger partial charge in [-0.2, -0.15) is 0 Å². The number of anilines is 1. The minimum absolute atomic E-state index is 0.0457. The second-order valence-corrected chi connectivity index (χ2v) is 4.33. The highest BCUT2D eigenvalue weighted by Crippen LogP contribution is 2.12. The van der Waals surface area contributed by atoms with Crippen molar-refractivity contribution in [2.45, 2.75) is 6.92 Å². The minimum Gasteiger partial charge on any atom is -0.322 e. The maximum atomic E-state index is 12.0. The Balaban J connectivity index is 2.15. The number of amides is 1. The lowest BCUT2D eigenvalue weighted by Gasteiger charge is -2.06. The number of rotatable bonds is 4. The largest absolute Gasteiger partial charge is 0.322 e. The molecule has 0 saturated heterocycles. The molecular weight excluding hydrogens is 254 g/mol. The molecule has 0 saturated carbocycles. The van der Waals surface area contributed by atoms with Crippen LogP contribution in [-0.4, -0.2) is 18.0 Å². The molecule has 100 valence electrons. The molecule has 0 aliphatic heterocycles. The van der Waals surface area contributed by atoms with E-state index in [0.29, 0.717) is 22.4 Å². The van der Waals surface area contributed by atoms with Crippen LogP contribution in [0.4, 0.5) is 5.69 Å². The smallest absolute Gasteiger partial charge is 0.255 e. The molecular formula is C16H13NO3. The number of benzene rings is 2. The number of nitrogens with one attached hydrogen (secondary N) is 1. The molecule has 2 aromatic rings. The van der Waals surface area contributed by atoms with Crippen LogP contribution in [-0.2, 0) is 0 Å². The third-order valence-corrected chi connectivity index (χ3v) is 2.83. The average Bonchev–Trinajstić information content (AvgIpc) is 2.47. The van der Waals surface area contributed by atoms with Gasteiger partial charge >= 0.3 is 0 Å². The molecule has 0 aromatic heterocycles. The van der Waals surface area contributed by atoms with Crippen molar-refractivity contribution >= 4 is 23.7 Å². The molecule has 1 amide bonds. The van der Waals surface area contributed by atoms with Gasteiger partial charge in [-0.1, -0.05) is 24.3 Å². The van der Waals surface area contributed by atoms with Crippen LogP contribution in [0.15, 0.2) is 48.5 Å². The Bertz CT molecular complexity index is 660. The lowest BCUT2D eigenvalue weighted by Crippen LogP contribution is -2.12. The van der Waals surface area contributed by atoms with Crippen LogP contribution in [0, 0.1) is 0 Å². The topological polar surface area (TPSA) is 63.2 Å². The lowest BCUT2D eigenvalue weighted by molar-refractivity contribution is 0.100. The van der Waals surface area contributed by atoms with Crippen LogP contribution >= 0.6 is 0 Å². The summed E-state index contributed by atoms with van der Waals surface area (Å²) in [7, 11) is 0. The average molecular weight is 267 g/mol. The number of Topliss-reactive ketones (excluding diaryl/α,β-unsaturated/α-hetero) is 1. The third kappa shape index (κ3) is 3.17. The van der Waals surface area contributed by atoms with Crippen LogP contribution in [0.3, 0.4) is 0 Å². The molecule has 0 unspecified atom stereocenters. The molecule has 0 radical (unpaired) electrons. The number of hydrogen-bond donors (Lipinski definition) is 1. The van der Waals surface area contributed by atoms with Crippen molar-refractivity contribution in [2.75, 3.05) is 5.32 Å². The Kier molecular flexibility index (Phi) is 4.05. The standard InChI is InChI=1S/C16H13NO3/c1-11(19)13-5-7-14(8-6-13)16(20)17-15-4-2-3-12(9-15)10-18/h2-10H,1H3,(H,17,20). The second-order valence-electron chi connectivity index (χ2n) is 4.33. The number of aldehydes is 1. The van der Waals surface area contributed by atoms with Gasteiger partial charge in [-0.3, -0.25) is 14.4 Å². The molecule has 2 rings (SSSR count). The van der Waals surface area contributed by atoms with Crippen LogP contribution in [0.25, 0.3) is 0 Å². The van der Waals surface area contributed by atoms with E-state index in [1.165, 1.54) is 6.92 Å². The Morgan fingerprint density at radius 1 is 1.00 bits per heavy atom. The zero-order valence-electron chi connectivity index (χ0n) is 10.9. The molecule has 0 atom stereocenters. The summed E-state index contributed by atoms with van der Waals surface area (Å²) in [5, 5.41) is 2.70. The zero-order chi connectivity index (χ0) is 14.5. The van der Waals surface area contributed by atoms with E-state index in [4.69, 9.17) is 0 Å². The van der Waals surface area contributed by atoms with E-state index in [-0.39, 0.29) is 11.7 Å². The summed E-state index contributed by atoms with van der Waals surface area (Å²) in [6.07, 6.45) is 0.720. The van der Waals surface area contributed by atoms with Gasteiger partial charge in [-0.15, -0.1) is 0 Å². The van der Waals surface area contributed by atoms with E-state index in [0.717, 1.165) is 6.29 Å². The summed E-state index contributed by atoms with van der Waals surface area (Å²) in [6, 6.07) is 13.1. The first-order valence-electron chi connectivity index (χ1n) is 6.08. The lowest BCUT2D eigenvalue weighted by atomic mass is 10.1. The van der Waals surface area contributed by atoms with Gasteiger partial charge in [0.05, 0.1) is 0 Å². The molecule has 0 bridgehead atoms. The van der Waals surface area contributed by atoms with Crippen LogP contribution < -0.4 is 5.32 Å². The molecule has 0 spiro atoms. The molecule has 0 aliphatic rings. The van der Waals surface area contributed by atoms with Gasteiger partial charge in [0, 0.05) is 22.4 Å². The molecule has 1 N–H and O–H groups in total. The van der Waals surface area contributed by atoms with Gasteiger partial charge in [0.15, 0.2) is 5.78 Å². The number of carbonyl (C=O) groups excluding carboxylic acids is 3. The quantitative estimate of drug-likeness (QED) is 0.684. The molecule has 0 heterocycles. The van der Waals surface area contributed by atoms with Gasteiger partial charge in [-0.05, 0) is 31.2 Å². The maximum Gasteiger partial charge on any atom is 0.255 e. The normalized spacial score (nSPS) is 9.85. The Hall–Kier alpha value is -2.75. The first-order valence-corrected chi connectivity index (χ1v) is 6.08. The van der Waals surface area contributed by atoms with Gasteiger partial charge in [0.1, 0.15) is 6.29 Å². The second kappa shape index (κ2) is 5.93. The fraction of sp³-hybridized carbons (Fsp3) is 0.0625. The third-order valence-electron chi connectivity index (χ3n) is 2.83. The van der Waals surface area contributed by atoms with E-state index in [2.05, 4.69) is 5.32 Å². The number of carbonyl (C=O) groups is 3. The number of ketones is 1. The fourth-order valence-corrected chi connectivity index (χ4v) is 1.75. The van der Waals surface area contributed by atoms with Crippen molar-refractivity contribution in [3.8, 4) is 0 Å². The Morgan fingerprint density at radius 2 is 1.65 bits per heavy atom. The molecule has 0 aliphatic carbocycles. The van der Waals surface area contributed by atoms with Crippen molar-refractivity contribution in [3.63, 3.8) is 0 Å². The van der Waals surface area contributed by atoms with Crippen molar-refractivity contribution in [3.05, 3.63) is 65.2 Å². The molecule has 20 heavy (non-hydrogen) atoms. The summed E-state index contributed by atoms with van der Waals surface area (Å²) < 4.78 is 0. The van der Waals surface area contributed by atoms with Crippen LogP contribution in [0.5, 0.6) is 0 Å². The highest BCUT2D eigenvalue weighted by atomic mass is 16.1. The first-order chi connectivity index (χ1) is 9.60. The summed E-state index contributed by atoms with van der Waals surface area (Å²) in [4.78, 5) is 33.8. The highest BCUT2D eigenvalue weighted by molar-refractivity contribution is 6.05. The molecule has 4 nitrogen and oxygen atoms in total. The Morgan fingerprint density at radius 3 is 2.25 bits per heavy atom. The van der Waals surface area contributed by atoms with Crippen molar-refractivity contribution in [1.29, 1.82) is 0 Å². The van der Waals surface area contributed by atoms with E-state index in [1.807, 2.05) is 0 Å². The summed E-state index contributed by atoms with van der Waals surface area (Å²) in [5.74, 6) is -0.334. The monoisotopic (exact) mass is 267 g/mol. The van der Waals surface area contributed by atoms with Crippen molar-refractivity contribution in [2.24, 2.45) is 0 Å². The van der Waals surface area contributed by atoms with E-state index >= 15 is 0 Å². The summed E-state index contributed by atoms with van der Waals surface area (Å²) in [5.41, 5.74) is 2.06. The summed E-state index contributed by atoms with van der Waals surface area (Å²) in [6.45, 7) is 1.47. The fourth-order valence-electron chi connectivity index (χ4n) is 1.75. The predicted octanol–water partition coefficient (Wildman–Crippen LogP) is 2.95. The van der Waals surface area contributed by atoms with Gasteiger partial charge in [0.2, 0.25) is 0 Å². The molecule has 0 fully saturated rings. The first kappa shape index (κ1) is 13.7. The van der Waals surface area contributed by atoms with Crippen molar-refractivity contribution in [1.82, 2.24) is 0 Å². The van der Waals surface area contributed by atoms with E-state index in [1.54, 1.807) is 48.5 Å². The van der Waals surface area contributed by atoms with E-state index in [9.17, 15) is 14.4 Å². The Labute approximate surface area is 116 Å². The summed E-state index contributed by atoms with van der Waals surface area (Å²) >= 11 is 0. The maximum absolute atomic E-state index is 12.0. The van der Waals surface area contributed by atoms with Crippen molar-refractivity contribution < 1.29 is 14.4 Å². The van der Waals surface area contributed by atoms with Gasteiger partial charge in [-0.25, -0.2) is 0 Å². The SMILES string of the molecule is CC(=O)c1ccc(C(=O)Nc2cccc(C=O)c2)cc1. The van der Waals surface area contributed by atoms with Crippen LogP contribution in [0.1, 0.15) is 38.0 Å². The van der Waals surface area contributed by atoms with Crippen LogP contribution in [0.2, 0.25) is 0 Å². The highest BCUT2D eigenvalue weighted by Gasteiger charge is 2.07. The zero-order valence-corrected chi connectivity index (χ0v) is 10.9. The number of hydrogen-bond acceptors (Lipinski definition) is 3. The predicted molar refractivity (Wildman–Crippen MR) is 76.2 cm³/mol.